The van der Waals surface area contributed by atoms with Gasteiger partial charge in [-0.15, -0.1) is 0 Å². The normalized spacial score (nSPS) is 14.1. The molecule has 1 aliphatic heterocycles. The van der Waals surface area contributed by atoms with E-state index in [0.717, 1.165) is 5.56 Å². The van der Waals surface area contributed by atoms with Gasteiger partial charge in [-0.05, 0) is 30.2 Å². The highest BCUT2D eigenvalue weighted by molar-refractivity contribution is 6.12. The number of benzene rings is 1. The maximum atomic E-state index is 11.4. The maximum absolute atomic E-state index is 11.4. The third kappa shape index (κ3) is 2.76. The van der Waals surface area contributed by atoms with Crippen LogP contribution in [0.2, 0.25) is 0 Å². The van der Waals surface area contributed by atoms with E-state index < -0.39 is 0 Å². The average molecular weight is 261 g/mol. The van der Waals surface area contributed by atoms with E-state index in [9.17, 15) is 9.59 Å². The molecule has 1 heterocycles. The van der Waals surface area contributed by atoms with E-state index in [2.05, 4.69) is 0 Å². The Hall–Kier alpha value is -2.30. The third-order valence-electron chi connectivity index (χ3n) is 2.99. The van der Waals surface area contributed by atoms with Crippen molar-refractivity contribution in [3.63, 3.8) is 0 Å². The topological polar surface area (TPSA) is 55.8 Å². The molecule has 5 heteroatoms. The Bertz CT molecular complexity index is 518. The molecule has 0 fully saturated rings. The molecule has 0 bridgehead atoms. The number of ether oxygens (including phenoxy) is 2. The van der Waals surface area contributed by atoms with Crippen molar-refractivity contribution < 1.29 is 19.1 Å². The summed E-state index contributed by atoms with van der Waals surface area (Å²) in [6, 6.07) is 5.45. The number of methoxy groups -OCH3 is 2. The van der Waals surface area contributed by atoms with Gasteiger partial charge in [-0.1, -0.05) is 0 Å². The molecular weight excluding hydrogens is 246 g/mol. The monoisotopic (exact) mass is 261 g/mol. The molecule has 2 amide bonds. The number of carbonyl (C=O) groups is 2. The second-order valence-corrected chi connectivity index (χ2v) is 4.09. The van der Waals surface area contributed by atoms with Crippen LogP contribution in [0.4, 0.5) is 0 Å². The minimum absolute atomic E-state index is 0.271. The minimum Gasteiger partial charge on any atom is -0.497 e. The second-order valence-electron chi connectivity index (χ2n) is 4.09. The first-order valence-electron chi connectivity index (χ1n) is 5.90. The Morgan fingerprint density at radius 2 is 1.74 bits per heavy atom. The van der Waals surface area contributed by atoms with Crippen molar-refractivity contribution in [1.82, 2.24) is 4.90 Å². The summed E-state index contributed by atoms with van der Waals surface area (Å²) in [4.78, 5) is 24.1. The van der Waals surface area contributed by atoms with E-state index in [4.69, 9.17) is 9.47 Å². The van der Waals surface area contributed by atoms with Gasteiger partial charge in [0.15, 0.2) is 0 Å². The van der Waals surface area contributed by atoms with Gasteiger partial charge in [0.2, 0.25) is 0 Å². The van der Waals surface area contributed by atoms with Crippen LogP contribution in [0.1, 0.15) is 5.56 Å². The lowest BCUT2D eigenvalue weighted by molar-refractivity contribution is -0.136. The number of rotatable bonds is 5. The molecule has 100 valence electrons. The lowest BCUT2D eigenvalue weighted by atomic mass is 10.1. The summed E-state index contributed by atoms with van der Waals surface area (Å²) < 4.78 is 10.4. The Morgan fingerprint density at radius 1 is 1.05 bits per heavy atom. The second kappa shape index (κ2) is 5.56. The van der Waals surface area contributed by atoms with Gasteiger partial charge >= 0.3 is 0 Å². The van der Waals surface area contributed by atoms with Crippen LogP contribution in [0.15, 0.2) is 30.4 Å². The molecule has 1 aromatic carbocycles. The van der Waals surface area contributed by atoms with Gasteiger partial charge in [0.05, 0.1) is 14.2 Å². The Balaban J connectivity index is 2.10. The SMILES string of the molecule is COc1ccc(OC)c(CCN2C(=O)C=CC2=O)c1. The average Bonchev–Trinajstić information content (AvgIpc) is 2.75. The third-order valence-corrected chi connectivity index (χ3v) is 2.99. The van der Waals surface area contributed by atoms with Crippen molar-refractivity contribution in [3.8, 4) is 11.5 Å². The molecule has 0 radical (unpaired) electrons. The van der Waals surface area contributed by atoms with Gasteiger partial charge in [0.1, 0.15) is 11.5 Å². The summed E-state index contributed by atoms with van der Waals surface area (Å²) >= 11 is 0. The first-order chi connectivity index (χ1) is 9.15. The van der Waals surface area contributed by atoms with Crippen LogP contribution in [0.25, 0.3) is 0 Å². The van der Waals surface area contributed by atoms with E-state index in [0.29, 0.717) is 24.5 Å². The molecule has 19 heavy (non-hydrogen) atoms. The fourth-order valence-corrected chi connectivity index (χ4v) is 1.96. The molecule has 1 aliphatic rings. The van der Waals surface area contributed by atoms with Gasteiger partial charge in [-0.3, -0.25) is 14.5 Å². The summed E-state index contributed by atoms with van der Waals surface area (Å²) in [5, 5.41) is 0. The standard InChI is InChI=1S/C14H15NO4/c1-18-11-3-4-12(19-2)10(9-11)7-8-15-13(16)5-6-14(15)17/h3-6,9H,7-8H2,1-2H3. The predicted octanol–water partition coefficient (Wildman–Crippen LogP) is 1.17. The van der Waals surface area contributed by atoms with Crippen molar-refractivity contribution >= 4 is 11.8 Å². The van der Waals surface area contributed by atoms with E-state index in [1.54, 1.807) is 26.4 Å². The lowest BCUT2D eigenvalue weighted by Crippen LogP contribution is -2.31. The first-order valence-corrected chi connectivity index (χ1v) is 5.90. The summed E-state index contributed by atoms with van der Waals surface area (Å²) in [7, 11) is 3.17. The van der Waals surface area contributed by atoms with Crippen LogP contribution in [0.5, 0.6) is 11.5 Å². The van der Waals surface area contributed by atoms with Crippen LogP contribution >= 0.6 is 0 Å². The predicted molar refractivity (Wildman–Crippen MR) is 69.1 cm³/mol. The first kappa shape index (κ1) is 13.1. The number of imide groups is 1. The Kier molecular flexibility index (Phi) is 3.85. The van der Waals surface area contributed by atoms with Gasteiger partial charge in [-0.2, -0.15) is 0 Å². The summed E-state index contributed by atoms with van der Waals surface area (Å²) in [6.07, 6.45) is 3.09. The van der Waals surface area contributed by atoms with Crippen LogP contribution in [-0.4, -0.2) is 37.5 Å². The van der Waals surface area contributed by atoms with Gasteiger partial charge < -0.3 is 9.47 Å². The van der Waals surface area contributed by atoms with E-state index >= 15 is 0 Å². The van der Waals surface area contributed by atoms with Gasteiger partial charge in [0.25, 0.3) is 11.8 Å². The van der Waals surface area contributed by atoms with E-state index in [1.807, 2.05) is 6.07 Å². The number of hydrogen-bond acceptors (Lipinski definition) is 4. The highest BCUT2D eigenvalue weighted by Crippen LogP contribution is 2.24. The van der Waals surface area contributed by atoms with Crippen LogP contribution < -0.4 is 9.47 Å². The summed E-state index contributed by atoms with van der Waals surface area (Å²) in [5.41, 5.74) is 0.898. The number of nitrogens with zero attached hydrogens (tertiary/aromatic N) is 1. The molecule has 1 aromatic rings. The number of hydrogen-bond donors (Lipinski definition) is 0. The number of carbonyl (C=O) groups excluding carboxylic acids is 2. The van der Waals surface area contributed by atoms with Crippen LogP contribution in [-0.2, 0) is 16.0 Å². The zero-order valence-corrected chi connectivity index (χ0v) is 10.9. The molecule has 0 aliphatic carbocycles. The molecule has 2 rings (SSSR count). The molecule has 5 nitrogen and oxygen atoms in total. The molecule has 0 atom stereocenters. The maximum Gasteiger partial charge on any atom is 0.253 e. The number of amides is 2. The molecule has 0 unspecified atom stereocenters. The van der Waals surface area contributed by atoms with Crippen molar-refractivity contribution in [3.05, 3.63) is 35.9 Å². The van der Waals surface area contributed by atoms with Crippen molar-refractivity contribution in [1.29, 1.82) is 0 Å². The largest absolute Gasteiger partial charge is 0.497 e. The highest BCUT2D eigenvalue weighted by Gasteiger charge is 2.23. The Morgan fingerprint density at radius 3 is 2.32 bits per heavy atom. The van der Waals surface area contributed by atoms with Crippen molar-refractivity contribution in [2.75, 3.05) is 20.8 Å². The zero-order valence-electron chi connectivity index (χ0n) is 10.9. The van der Waals surface area contributed by atoms with Crippen molar-refractivity contribution in [2.45, 2.75) is 6.42 Å². The van der Waals surface area contributed by atoms with Crippen molar-refractivity contribution in [2.24, 2.45) is 0 Å². The lowest BCUT2D eigenvalue weighted by Gasteiger charge is -2.15. The van der Waals surface area contributed by atoms with E-state index in [-0.39, 0.29) is 11.8 Å². The van der Waals surface area contributed by atoms with Crippen LogP contribution in [0.3, 0.4) is 0 Å². The zero-order chi connectivity index (χ0) is 13.8. The summed E-state index contributed by atoms with van der Waals surface area (Å²) in [6.45, 7) is 0.328. The molecule has 0 saturated heterocycles. The van der Waals surface area contributed by atoms with Gasteiger partial charge in [0, 0.05) is 18.7 Å². The molecule has 0 aromatic heterocycles. The fourth-order valence-electron chi connectivity index (χ4n) is 1.96. The summed E-state index contributed by atoms with van der Waals surface area (Å²) in [5.74, 6) is 0.888. The quantitative estimate of drug-likeness (QED) is 0.747. The molecule has 0 N–H and O–H groups in total. The minimum atomic E-state index is -0.271. The molecule has 0 saturated carbocycles. The molecule has 0 spiro atoms. The fraction of sp³-hybridized carbons (Fsp3) is 0.286. The van der Waals surface area contributed by atoms with Crippen LogP contribution in [0, 0.1) is 0 Å². The Labute approximate surface area is 111 Å². The smallest absolute Gasteiger partial charge is 0.253 e. The van der Waals surface area contributed by atoms with E-state index in [1.165, 1.54) is 17.1 Å². The highest BCUT2D eigenvalue weighted by atomic mass is 16.5. The van der Waals surface area contributed by atoms with Gasteiger partial charge in [-0.25, -0.2) is 0 Å². The molecular formula is C14H15NO4.